The highest BCUT2D eigenvalue weighted by atomic mass is 16.5. The number of carbonyl (C=O) groups excluding carboxylic acids is 2. The highest BCUT2D eigenvalue weighted by Gasteiger charge is 2.32. The fourth-order valence-corrected chi connectivity index (χ4v) is 1.92. The summed E-state index contributed by atoms with van der Waals surface area (Å²) in [5, 5.41) is 0. The number of ketones is 1. The second kappa shape index (κ2) is 6.02. The lowest BCUT2D eigenvalue weighted by Gasteiger charge is -2.17. The van der Waals surface area contributed by atoms with Crippen LogP contribution in [0, 0.1) is 17.8 Å². The van der Waals surface area contributed by atoms with Crippen LogP contribution in [0.1, 0.15) is 46.5 Å². The molecule has 1 aliphatic rings. The molecule has 0 aliphatic heterocycles. The largest absolute Gasteiger partial charge is 0.465 e. The summed E-state index contributed by atoms with van der Waals surface area (Å²) in [6.07, 6.45) is 3.98. The van der Waals surface area contributed by atoms with E-state index in [2.05, 4.69) is 0 Å². The van der Waals surface area contributed by atoms with E-state index in [1.165, 1.54) is 12.8 Å². The third-order valence-corrected chi connectivity index (χ3v) is 3.05. The Morgan fingerprint density at radius 2 is 1.94 bits per heavy atom. The predicted octanol–water partition coefficient (Wildman–Crippen LogP) is 2.58. The first-order chi connectivity index (χ1) is 7.56. The summed E-state index contributed by atoms with van der Waals surface area (Å²) < 4.78 is 4.95. The molecule has 3 nitrogen and oxygen atoms in total. The number of ether oxygens (including phenoxy) is 1. The summed E-state index contributed by atoms with van der Waals surface area (Å²) in [6.45, 7) is 5.91. The number of rotatable bonds is 7. The van der Waals surface area contributed by atoms with Gasteiger partial charge in [0, 0.05) is 6.42 Å². The van der Waals surface area contributed by atoms with E-state index in [1.54, 1.807) is 6.92 Å². The van der Waals surface area contributed by atoms with Crippen LogP contribution in [0.2, 0.25) is 0 Å². The molecule has 0 amide bonds. The van der Waals surface area contributed by atoms with Gasteiger partial charge in [-0.15, -0.1) is 0 Å². The van der Waals surface area contributed by atoms with Crippen molar-refractivity contribution in [3.05, 3.63) is 0 Å². The molecular weight excluding hydrogens is 204 g/mol. The molecule has 0 aromatic rings. The second-order valence-electron chi connectivity index (χ2n) is 4.92. The molecule has 92 valence electrons. The van der Waals surface area contributed by atoms with Crippen LogP contribution in [-0.2, 0) is 14.3 Å². The Bertz CT molecular complexity index is 254. The van der Waals surface area contributed by atoms with Gasteiger partial charge < -0.3 is 4.74 Å². The van der Waals surface area contributed by atoms with Crippen molar-refractivity contribution in [1.82, 2.24) is 0 Å². The minimum absolute atomic E-state index is 0.0331. The van der Waals surface area contributed by atoms with Crippen LogP contribution in [0.25, 0.3) is 0 Å². The van der Waals surface area contributed by atoms with Crippen LogP contribution in [0.4, 0.5) is 0 Å². The molecule has 0 radical (unpaired) electrons. The average Bonchev–Trinajstić information content (AvgIpc) is 2.98. The van der Waals surface area contributed by atoms with Gasteiger partial charge in [0.1, 0.15) is 11.7 Å². The first kappa shape index (κ1) is 13.2. The lowest BCUT2D eigenvalue weighted by Crippen LogP contribution is -2.30. The summed E-state index contributed by atoms with van der Waals surface area (Å²) in [5.74, 6) is -0.0814. The van der Waals surface area contributed by atoms with E-state index in [1.807, 2.05) is 13.8 Å². The van der Waals surface area contributed by atoms with Gasteiger partial charge >= 0.3 is 5.97 Å². The molecule has 1 fully saturated rings. The summed E-state index contributed by atoms with van der Waals surface area (Å²) in [7, 11) is 0. The zero-order valence-electron chi connectivity index (χ0n) is 10.5. The Balaban J connectivity index is 2.46. The van der Waals surface area contributed by atoms with Gasteiger partial charge in [0.05, 0.1) is 6.61 Å². The standard InChI is InChI=1S/C13H22O3/c1-4-16-13(15)12(9(2)3)11(14)8-7-10-5-6-10/h9-10,12H,4-8H2,1-3H3. The van der Waals surface area contributed by atoms with Crippen LogP contribution in [-0.4, -0.2) is 18.4 Å². The maximum absolute atomic E-state index is 11.9. The van der Waals surface area contributed by atoms with E-state index < -0.39 is 5.92 Å². The third kappa shape index (κ3) is 3.95. The van der Waals surface area contributed by atoms with Gasteiger partial charge in [-0.05, 0) is 25.2 Å². The molecular formula is C13H22O3. The maximum Gasteiger partial charge on any atom is 0.316 e. The van der Waals surface area contributed by atoms with E-state index >= 15 is 0 Å². The maximum atomic E-state index is 11.9. The van der Waals surface area contributed by atoms with Crippen molar-refractivity contribution >= 4 is 11.8 Å². The van der Waals surface area contributed by atoms with Crippen molar-refractivity contribution in [3.8, 4) is 0 Å². The smallest absolute Gasteiger partial charge is 0.316 e. The van der Waals surface area contributed by atoms with Crippen molar-refractivity contribution in [1.29, 1.82) is 0 Å². The molecule has 1 atom stereocenters. The Morgan fingerprint density at radius 1 is 1.31 bits per heavy atom. The van der Waals surface area contributed by atoms with E-state index in [-0.39, 0.29) is 17.7 Å². The molecule has 0 saturated heterocycles. The summed E-state index contributed by atoms with van der Waals surface area (Å²) in [4.78, 5) is 23.6. The molecule has 0 spiro atoms. The molecule has 1 unspecified atom stereocenters. The van der Waals surface area contributed by atoms with Crippen molar-refractivity contribution in [3.63, 3.8) is 0 Å². The number of carbonyl (C=O) groups is 2. The summed E-state index contributed by atoms with van der Waals surface area (Å²) in [5.41, 5.74) is 0. The third-order valence-electron chi connectivity index (χ3n) is 3.05. The number of hydrogen-bond donors (Lipinski definition) is 0. The van der Waals surface area contributed by atoms with Crippen molar-refractivity contribution in [2.24, 2.45) is 17.8 Å². The average molecular weight is 226 g/mol. The highest BCUT2D eigenvalue weighted by molar-refractivity contribution is 5.99. The van der Waals surface area contributed by atoms with Gasteiger partial charge in [-0.3, -0.25) is 9.59 Å². The van der Waals surface area contributed by atoms with Crippen molar-refractivity contribution in [2.75, 3.05) is 6.61 Å². The zero-order valence-corrected chi connectivity index (χ0v) is 10.5. The second-order valence-corrected chi connectivity index (χ2v) is 4.92. The monoisotopic (exact) mass is 226 g/mol. The minimum Gasteiger partial charge on any atom is -0.465 e. The van der Waals surface area contributed by atoms with Gasteiger partial charge in [-0.1, -0.05) is 26.7 Å². The zero-order chi connectivity index (χ0) is 12.1. The molecule has 3 heteroatoms. The van der Waals surface area contributed by atoms with Gasteiger partial charge in [0.15, 0.2) is 0 Å². The first-order valence-electron chi connectivity index (χ1n) is 6.25. The van der Waals surface area contributed by atoms with Crippen LogP contribution < -0.4 is 0 Å². The topological polar surface area (TPSA) is 43.4 Å². The SMILES string of the molecule is CCOC(=O)C(C(=O)CCC1CC1)C(C)C. The van der Waals surface area contributed by atoms with Gasteiger partial charge in [0.25, 0.3) is 0 Å². The minimum atomic E-state index is -0.557. The Labute approximate surface area is 97.5 Å². The summed E-state index contributed by atoms with van der Waals surface area (Å²) in [6, 6.07) is 0. The van der Waals surface area contributed by atoms with Gasteiger partial charge in [-0.25, -0.2) is 0 Å². The molecule has 1 saturated carbocycles. The quantitative estimate of drug-likeness (QED) is 0.495. The molecule has 0 heterocycles. The van der Waals surface area contributed by atoms with Crippen LogP contribution in [0.3, 0.4) is 0 Å². The first-order valence-corrected chi connectivity index (χ1v) is 6.25. The van der Waals surface area contributed by atoms with E-state index in [9.17, 15) is 9.59 Å². The highest BCUT2D eigenvalue weighted by Crippen LogP contribution is 2.34. The molecule has 0 N–H and O–H groups in total. The lowest BCUT2D eigenvalue weighted by atomic mass is 9.89. The van der Waals surface area contributed by atoms with E-state index in [0.717, 1.165) is 12.3 Å². The molecule has 16 heavy (non-hydrogen) atoms. The van der Waals surface area contributed by atoms with E-state index in [4.69, 9.17) is 4.74 Å². The van der Waals surface area contributed by atoms with E-state index in [0.29, 0.717) is 13.0 Å². The number of esters is 1. The normalized spacial score (nSPS) is 17.2. The number of hydrogen-bond acceptors (Lipinski definition) is 3. The Morgan fingerprint density at radius 3 is 2.38 bits per heavy atom. The molecule has 1 aliphatic carbocycles. The Hall–Kier alpha value is -0.860. The van der Waals surface area contributed by atoms with Crippen LogP contribution in [0.15, 0.2) is 0 Å². The van der Waals surface area contributed by atoms with Gasteiger partial charge in [-0.2, -0.15) is 0 Å². The van der Waals surface area contributed by atoms with Gasteiger partial charge in [0.2, 0.25) is 0 Å². The fourth-order valence-electron chi connectivity index (χ4n) is 1.92. The van der Waals surface area contributed by atoms with Crippen LogP contribution >= 0.6 is 0 Å². The Kier molecular flexibility index (Phi) is 4.97. The number of Topliss-reactive ketones (excluding diaryl/α,β-unsaturated/α-hetero) is 1. The molecule has 1 rings (SSSR count). The molecule has 0 aromatic heterocycles. The molecule has 0 aromatic carbocycles. The van der Waals surface area contributed by atoms with Crippen LogP contribution in [0.5, 0.6) is 0 Å². The molecule has 0 bridgehead atoms. The van der Waals surface area contributed by atoms with Crippen molar-refractivity contribution in [2.45, 2.75) is 46.5 Å². The fraction of sp³-hybridized carbons (Fsp3) is 0.846. The van der Waals surface area contributed by atoms with Crippen molar-refractivity contribution < 1.29 is 14.3 Å². The summed E-state index contributed by atoms with van der Waals surface area (Å²) >= 11 is 0. The predicted molar refractivity (Wildman–Crippen MR) is 61.9 cm³/mol. The lowest BCUT2D eigenvalue weighted by molar-refractivity contribution is -0.153.